The first-order valence-electron chi connectivity index (χ1n) is 5.97. The van der Waals surface area contributed by atoms with Crippen LogP contribution in [0.25, 0.3) is 0 Å². The Bertz CT molecular complexity index is 359. The van der Waals surface area contributed by atoms with E-state index < -0.39 is 12.5 Å². The quantitative estimate of drug-likeness (QED) is 0.892. The Kier molecular flexibility index (Phi) is 4.63. The molecule has 1 heterocycles. The van der Waals surface area contributed by atoms with Crippen LogP contribution in [-0.2, 0) is 16.1 Å². The Balaban J connectivity index is 1.71. The van der Waals surface area contributed by atoms with Crippen LogP contribution in [0.4, 0.5) is 8.78 Å². The van der Waals surface area contributed by atoms with E-state index in [1.807, 2.05) is 30.3 Å². The molecule has 0 radical (unpaired) electrons. The van der Waals surface area contributed by atoms with Gasteiger partial charge in [0.2, 0.25) is 0 Å². The second-order valence-electron chi connectivity index (χ2n) is 4.42. The van der Waals surface area contributed by atoms with Crippen LogP contribution in [0.1, 0.15) is 5.56 Å². The van der Waals surface area contributed by atoms with Gasteiger partial charge in [-0.05, 0) is 5.56 Å². The molecule has 0 unspecified atom stereocenters. The van der Waals surface area contributed by atoms with Gasteiger partial charge in [-0.2, -0.15) is 0 Å². The van der Waals surface area contributed by atoms with Crippen molar-refractivity contribution in [3.8, 4) is 0 Å². The maximum atomic E-state index is 13.0. The van der Waals surface area contributed by atoms with Crippen molar-refractivity contribution in [3.05, 3.63) is 35.9 Å². The SMILES string of the molecule is FC1(F)CNC[C@@H](COCc2ccccc2)OC1. The van der Waals surface area contributed by atoms with E-state index in [2.05, 4.69) is 5.32 Å². The second-order valence-corrected chi connectivity index (χ2v) is 4.42. The minimum Gasteiger partial charge on any atom is -0.374 e. The van der Waals surface area contributed by atoms with E-state index in [9.17, 15) is 8.78 Å². The van der Waals surface area contributed by atoms with Gasteiger partial charge in [0.25, 0.3) is 5.92 Å². The van der Waals surface area contributed by atoms with Gasteiger partial charge in [-0.25, -0.2) is 8.78 Å². The maximum Gasteiger partial charge on any atom is 0.283 e. The zero-order valence-electron chi connectivity index (χ0n) is 10.1. The first-order valence-corrected chi connectivity index (χ1v) is 5.97. The molecule has 0 amide bonds. The maximum absolute atomic E-state index is 13.0. The number of benzene rings is 1. The fourth-order valence-electron chi connectivity index (χ4n) is 1.76. The van der Waals surface area contributed by atoms with Gasteiger partial charge < -0.3 is 14.8 Å². The van der Waals surface area contributed by atoms with Gasteiger partial charge in [-0.1, -0.05) is 30.3 Å². The van der Waals surface area contributed by atoms with Crippen LogP contribution in [-0.4, -0.2) is 38.3 Å². The molecule has 1 saturated heterocycles. The summed E-state index contributed by atoms with van der Waals surface area (Å²) in [4.78, 5) is 0. The summed E-state index contributed by atoms with van der Waals surface area (Å²) in [6.45, 7) is 0.307. The number of hydrogen-bond acceptors (Lipinski definition) is 3. The van der Waals surface area contributed by atoms with Crippen LogP contribution in [0.15, 0.2) is 30.3 Å². The third-order valence-electron chi connectivity index (χ3n) is 2.70. The molecule has 0 aromatic heterocycles. The lowest BCUT2D eigenvalue weighted by molar-refractivity contribution is -0.0930. The van der Waals surface area contributed by atoms with Crippen molar-refractivity contribution in [2.75, 3.05) is 26.3 Å². The van der Waals surface area contributed by atoms with Crippen molar-refractivity contribution < 1.29 is 18.3 Å². The second kappa shape index (κ2) is 6.22. The zero-order chi connectivity index (χ0) is 12.8. The molecule has 1 fully saturated rings. The Morgan fingerprint density at radius 2 is 2.11 bits per heavy atom. The number of ether oxygens (including phenoxy) is 2. The summed E-state index contributed by atoms with van der Waals surface area (Å²) in [5.41, 5.74) is 1.06. The fraction of sp³-hybridized carbons (Fsp3) is 0.538. The molecule has 1 aromatic carbocycles. The van der Waals surface area contributed by atoms with Crippen LogP contribution >= 0.6 is 0 Å². The summed E-state index contributed by atoms with van der Waals surface area (Å²) in [5, 5.41) is 2.68. The summed E-state index contributed by atoms with van der Waals surface area (Å²) in [5.74, 6) is -2.78. The average Bonchev–Trinajstić information content (AvgIpc) is 2.52. The largest absolute Gasteiger partial charge is 0.374 e. The van der Waals surface area contributed by atoms with E-state index in [-0.39, 0.29) is 12.6 Å². The molecule has 1 aliphatic rings. The lowest BCUT2D eigenvalue weighted by Crippen LogP contribution is -2.33. The molecule has 3 nitrogen and oxygen atoms in total. The summed E-state index contributed by atoms with van der Waals surface area (Å²) < 4.78 is 36.6. The summed E-state index contributed by atoms with van der Waals surface area (Å²) in [6, 6.07) is 9.72. The smallest absolute Gasteiger partial charge is 0.283 e. The first-order chi connectivity index (χ1) is 8.66. The highest BCUT2D eigenvalue weighted by atomic mass is 19.3. The molecule has 5 heteroatoms. The standard InChI is InChI=1S/C13H17F2NO2/c14-13(15)9-16-6-12(18-10-13)8-17-7-11-4-2-1-3-5-11/h1-5,12,16H,6-10H2/t12-/m0/s1. The summed E-state index contributed by atoms with van der Waals surface area (Å²) >= 11 is 0. The van der Waals surface area contributed by atoms with E-state index >= 15 is 0 Å². The van der Waals surface area contributed by atoms with E-state index in [4.69, 9.17) is 9.47 Å². The van der Waals surface area contributed by atoms with Crippen LogP contribution in [0.2, 0.25) is 0 Å². The van der Waals surface area contributed by atoms with Crippen molar-refractivity contribution in [3.63, 3.8) is 0 Å². The van der Waals surface area contributed by atoms with Crippen molar-refractivity contribution in [1.29, 1.82) is 0 Å². The van der Waals surface area contributed by atoms with E-state index in [1.54, 1.807) is 0 Å². The van der Waals surface area contributed by atoms with Gasteiger partial charge in [0.15, 0.2) is 0 Å². The number of hydrogen-bond donors (Lipinski definition) is 1. The number of alkyl halides is 2. The third kappa shape index (κ3) is 4.33. The molecular formula is C13H17F2NO2. The lowest BCUT2D eigenvalue weighted by atomic mass is 10.2. The Morgan fingerprint density at radius 3 is 2.89 bits per heavy atom. The number of rotatable bonds is 4. The minimum atomic E-state index is -2.78. The van der Waals surface area contributed by atoms with Gasteiger partial charge in [0, 0.05) is 6.54 Å². The Morgan fingerprint density at radius 1 is 1.33 bits per heavy atom. The van der Waals surface area contributed by atoms with Gasteiger partial charge in [0.05, 0.1) is 25.9 Å². The monoisotopic (exact) mass is 257 g/mol. The molecule has 0 bridgehead atoms. The van der Waals surface area contributed by atoms with Crippen molar-refractivity contribution in [1.82, 2.24) is 5.32 Å². The molecule has 0 saturated carbocycles. The molecular weight excluding hydrogens is 240 g/mol. The molecule has 1 atom stereocenters. The summed E-state index contributed by atoms with van der Waals surface area (Å²) in [7, 11) is 0. The predicted octanol–water partition coefficient (Wildman–Crippen LogP) is 1.83. The van der Waals surface area contributed by atoms with Crippen LogP contribution in [0.3, 0.4) is 0 Å². The van der Waals surface area contributed by atoms with Gasteiger partial charge in [-0.3, -0.25) is 0 Å². The zero-order valence-corrected chi connectivity index (χ0v) is 10.1. The topological polar surface area (TPSA) is 30.5 Å². The molecule has 18 heavy (non-hydrogen) atoms. The molecule has 1 N–H and O–H groups in total. The minimum absolute atomic E-state index is 0.317. The van der Waals surface area contributed by atoms with E-state index in [1.165, 1.54) is 0 Å². The van der Waals surface area contributed by atoms with Crippen molar-refractivity contribution in [2.24, 2.45) is 0 Å². The highest BCUT2D eigenvalue weighted by molar-refractivity contribution is 5.13. The average molecular weight is 257 g/mol. The lowest BCUT2D eigenvalue weighted by Gasteiger charge is -2.16. The molecule has 1 aromatic rings. The van der Waals surface area contributed by atoms with Crippen molar-refractivity contribution >= 4 is 0 Å². The van der Waals surface area contributed by atoms with Gasteiger partial charge >= 0.3 is 0 Å². The van der Waals surface area contributed by atoms with Crippen LogP contribution in [0, 0.1) is 0 Å². The number of halogens is 2. The molecule has 1 aliphatic heterocycles. The molecule has 0 spiro atoms. The first kappa shape index (κ1) is 13.4. The predicted molar refractivity (Wildman–Crippen MR) is 63.7 cm³/mol. The molecule has 0 aliphatic carbocycles. The normalized spacial score (nSPS) is 23.6. The highest BCUT2D eigenvalue weighted by Gasteiger charge is 2.33. The van der Waals surface area contributed by atoms with Gasteiger partial charge in [-0.15, -0.1) is 0 Å². The summed E-state index contributed by atoms with van der Waals surface area (Å²) in [6.07, 6.45) is -0.318. The van der Waals surface area contributed by atoms with Crippen LogP contribution < -0.4 is 5.32 Å². The highest BCUT2D eigenvalue weighted by Crippen LogP contribution is 2.16. The van der Waals surface area contributed by atoms with Crippen molar-refractivity contribution in [2.45, 2.75) is 18.6 Å². The molecule has 2 rings (SSSR count). The molecule has 100 valence electrons. The van der Waals surface area contributed by atoms with Crippen LogP contribution in [0.5, 0.6) is 0 Å². The fourth-order valence-corrected chi connectivity index (χ4v) is 1.76. The number of nitrogens with one attached hydrogen (secondary N) is 1. The Labute approximate surface area is 105 Å². The van der Waals surface area contributed by atoms with Gasteiger partial charge in [0.1, 0.15) is 6.61 Å². The Hall–Kier alpha value is -1.04. The van der Waals surface area contributed by atoms with E-state index in [0.717, 1.165) is 5.56 Å². The third-order valence-corrected chi connectivity index (χ3v) is 2.70. The van der Waals surface area contributed by atoms with E-state index in [0.29, 0.717) is 19.8 Å².